The molecule has 0 bridgehead atoms. The van der Waals surface area contributed by atoms with E-state index in [1.54, 1.807) is 0 Å². The minimum atomic E-state index is -0.565. The van der Waals surface area contributed by atoms with Crippen LogP contribution in [-0.4, -0.2) is 12.5 Å². The molecule has 1 unspecified atom stereocenters. The maximum Gasteiger partial charge on any atom is 0.251 e. The zero-order chi connectivity index (χ0) is 17.3. The van der Waals surface area contributed by atoms with Crippen LogP contribution >= 0.6 is 11.6 Å². The molecule has 24 heavy (non-hydrogen) atoms. The molecule has 3 nitrogen and oxygen atoms in total. The Kier molecular flexibility index (Phi) is 4.58. The van der Waals surface area contributed by atoms with Crippen molar-refractivity contribution in [2.24, 2.45) is 0 Å². The highest BCUT2D eigenvalue weighted by atomic mass is 35.5. The second kappa shape index (κ2) is 6.65. The Morgan fingerprint density at radius 1 is 1.38 bits per heavy atom. The number of nitrogens with one attached hydrogen (secondary N) is 1. The Morgan fingerprint density at radius 2 is 2.17 bits per heavy atom. The highest BCUT2D eigenvalue weighted by Gasteiger charge is 2.20. The van der Waals surface area contributed by atoms with Gasteiger partial charge >= 0.3 is 0 Å². The lowest BCUT2D eigenvalue weighted by molar-refractivity contribution is -0.116. The van der Waals surface area contributed by atoms with Crippen molar-refractivity contribution in [1.82, 2.24) is 5.32 Å². The maximum atomic E-state index is 13.9. The van der Waals surface area contributed by atoms with Crippen LogP contribution in [0.5, 0.6) is 5.75 Å². The molecule has 1 N–H and O–H groups in total. The Labute approximate surface area is 145 Å². The lowest BCUT2D eigenvalue weighted by Gasteiger charge is -2.17. The van der Waals surface area contributed by atoms with Crippen LogP contribution < -0.4 is 10.1 Å². The van der Waals surface area contributed by atoms with E-state index in [2.05, 4.69) is 11.9 Å². The van der Waals surface area contributed by atoms with Gasteiger partial charge in [0, 0.05) is 17.6 Å². The molecule has 1 aliphatic rings. The number of amides is 1. The van der Waals surface area contributed by atoms with Gasteiger partial charge in [0.1, 0.15) is 11.6 Å². The van der Waals surface area contributed by atoms with Crippen molar-refractivity contribution >= 4 is 23.1 Å². The Hall–Kier alpha value is -2.33. The molecule has 0 spiro atoms. The maximum absolute atomic E-state index is 13.9. The molecule has 1 aliphatic heterocycles. The van der Waals surface area contributed by atoms with Gasteiger partial charge in [0.15, 0.2) is 0 Å². The first-order valence-electron chi connectivity index (χ1n) is 7.67. The highest BCUT2D eigenvalue weighted by molar-refractivity contribution is 6.34. The number of hydrogen-bond acceptors (Lipinski definition) is 2. The van der Waals surface area contributed by atoms with Gasteiger partial charge in [-0.3, -0.25) is 4.79 Å². The third kappa shape index (κ3) is 3.15. The summed E-state index contributed by atoms with van der Waals surface area (Å²) in [6, 6.07) is 9.86. The summed E-state index contributed by atoms with van der Waals surface area (Å²) in [6.07, 6.45) is 0.862. The minimum absolute atomic E-state index is 0.00874. The Bertz CT molecular complexity index is 799. The van der Waals surface area contributed by atoms with Gasteiger partial charge in [0.2, 0.25) is 0 Å². The standard InChI is InChI=1S/C19H17ClFNO2/c1-11(18-15(20)4-3-5-16(18)21)19(23)22-12(2)13-6-7-17-14(10-13)8-9-24-17/h3-7,10,12H,1,8-9H2,2H3,(H,22,23). The molecule has 5 heteroatoms. The molecule has 1 amide bonds. The van der Waals surface area contributed by atoms with E-state index in [0.717, 1.165) is 23.3 Å². The van der Waals surface area contributed by atoms with Crippen LogP contribution in [0.1, 0.15) is 29.7 Å². The summed E-state index contributed by atoms with van der Waals surface area (Å²) in [5.41, 5.74) is 2.13. The van der Waals surface area contributed by atoms with Crippen molar-refractivity contribution in [2.45, 2.75) is 19.4 Å². The highest BCUT2D eigenvalue weighted by Crippen LogP contribution is 2.29. The van der Waals surface area contributed by atoms with E-state index in [9.17, 15) is 9.18 Å². The van der Waals surface area contributed by atoms with Crippen molar-refractivity contribution in [3.63, 3.8) is 0 Å². The monoisotopic (exact) mass is 345 g/mol. The molecular weight excluding hydrogens is 329 g/mol. The van der Waals surface area contributed by atoms with Crippen LogP contribution in [-0.2, 0) is 11.2 Å². The first kappa shape index (κ1) is 16.5. The molecule has 124 valence electrons. The fraction of sp³-hybridized carbons (Fsp3) is 0.211. The second-order valence-corrected chi connectivity index (χ2v) is 6.14. The smallest absolute Gasteiger partial charge is 0.251 e. The van der Waals surface area contributed by atoms with Crippen LogP contribution in [0.15, 0.2) is 43.0 Å². The molecule has 0 aliphatic carbocycles. The van der Waals surface area contributed by atoms with Gasteiger partial charge in [-0.15, -0.1) is 0 Å². The molecule has 2 aromatic rings. The van der Waals surface area contributed by atoms with E-state index >= 15 is 0 Å². The van der Waals surface area contributed by atoms with E-state index < -0.39 is 11.7 Å². The van der Waals surface area contributed by atoms with Crippen LogP contribution in [0.4, 0.5) is 4.39 Å². The molecular formula is C19H17ClFNO2. The number of ether oxygens (including phenoxy) is 1. The average Bonchev–Trinajstić information content (AvgIpc) is 3.01. The fourth-order valence-corrected chi connectivity index (χ4v) is 3.02. The van der Waals surface area contributed by atoms with Gasteiger partial charge in [-0.1, -0.05) is 30.3 Å². The molecule has 1 atom stereocenters. The van der Waals surface area contributed by atoms with Crippen LogP contribution in [0.2, 0.25) is 5.02 Å². The number of hydrogen-bond donors (Lipinski definition) is 1. The summed E-state index contributed by atoms with van der Waals surface area (Å²) in [5.74, 6) is -0.129. The zero-order valence-corrected chi connectivity index (χ0v) is 14.0. The molecule has 0 saturated carbocycles. The molecule has 0 aromatic heterocycles. The van der Waals surface area contributed by atoms with Gasteiger partial charge in [-0.25, -0.2) is 4.39 Å². The van der Waals surface area contributed by atoms with E-state index in [0.29, 0.717) is 6.61 Å². The quantitative estimate of drug-likeness (QED) is 0.839. The number of fused-ring (bicyclic) bond motifs is 1. The van der Waals surface area contributed by atoms with Crippen molar-refractivity contribution in [2.75, 3.05) is 6.61 Å². The van der Waals surface area contributed by atoms with Gasteiger partial charge in [-0.05, 0) is 42.3 Å². The summed E-state index contributed by atoms with van der Waals surface area (Å²) in [6.45, 7) is 6.24. The third-order valence-electron chi connectivity index (χ3n) is 4.10. The third-order valence-corrected chi connectivity index (χ3v) is 4.41. The van der Waals surface area contributed by atoms with Gasteiger partial charge in [0.25, 0.3) is 5.91 Å². The van der Waals surface area contributed by atoms with E-state index in [1.165, 1.54) is 18.2 Å². The van der Waals surface area contributed by atoms with Gasteiger partial charge in [-0.2, -0.15) is 0 Å². The number of rotatable bonds is 4. The molecule has 0 radical (unpaired) electrons. The Balaban J connectivity index is 1.75. The molecule has 1 heterocycles. The molecule has 0 saturated heterocycles. The number of benzene rings is 2. The van der Waals surface area contributed by atoms with Crippen molar-refractivity contribution in [3.05, 3.63) is 70.5 Å². The number of halogens is 2. The lowest BCUT2D eigenvalue weighted by Crippen LogP contribution is -2.27. The predicted octanol–water partition coefficient (Wildman–Crippen LogP) is 4.30. The summed E-state index contributed by atoms with van der Waals surface area (Å²) in [4.78, 5) is 12.4. The average molecular weight is 346 g/mol. The van der Waals surface area contributed by atoms with E-state index in [-0.39, 0.29) is 22.2 Å². The molecule has 0 fully saturated rings. The predicted molar refractivity (Wildman–Crippen MR) is 92.6 cm³/mol. The fourth-order valence-electron chi connectivity index (χ4n) is 2.74. The number of carbonyl (C=O) groups excluding carboxylic acids is 1. The van der Waals surface area contributed by atoms with Gasteiger partial charge in [0.05, 0.1) is 17.7 Å². The second-order valence-electron chi connectivity index (χ2n) is 5.74. The van der Waals surface area contributed by atoms with Crippen molar-refractivity contribution < 1.29 is 13.9 Å². The van der Waals surface area contributed by atoms with Crippen LogP contribution in [0, 0.1) is 5.82 Å². The largest absolute Gasteiger partial charge is 0.493 e. The molecule has 3 rings (SSSR count). The van der Waals surface area contributed by atoms with Crippen LogP contribution in [0.25, 0.3) is 5.57 Å². The SMILES string of the molecule is C=C(C(=O)NC(C)c1ccc2c(c1)CCO2)c1c(F)cccc1Cl. The van der Waals surface area contributed by atoms with Gasteiger partial charge < -0.3 is 10.1 Å². The summed E-state index contributed by atoms with van der Waals surface area (Å²) in [5, 5.41) is 3.00. The first-order valence-corrected chi connectivity index (χ1v) is 8.05. The first-order chi connectivity index (χ1) is 11.5. The van der Waals surface area contributed by atoms with E-state index in [1.807, 2.05) is 25.1 Å². The summed E-state index contributed by atoms with van der Waals surface area (Å²) in [7, 11) is 0. The normalized spacial score (nSPS) is 13.8. The van der Waals surface area contributed by atoms with Crippen molar-refractivity contribution in [1.29, 1.82) is 0 Å². The lowest BCUT2D eigenvalue weighted by atomic mass is 10.0. The summed E-state index contributed by atoms with van der Waals surface area (Å²) < 4.78 is 19.4. The summed E-state index contributed by atoms with van der Waals surface area (Å²) >= 11 is 5.99. The number of carbonyl (C=O) groups is 1. The topological polar surface area (TPSA) is 38.3 Å². The van der Waals surface area contributed by atoms with Crippen molar-refractivity contribution in [3.8, 4) is 5.75 Å². The molecule has 2 aromatic carbocycles. The Morgan fingerprint density at radius 3 is 2.92 bits per heavy atom. The van der Waals surface area contributed by atoms with Crippen LogP contribution in [0.3, 0.4) is 0 Å². The minimum Gasteiger partial charge on any atom is -0.493 e. The van der Waals surface area contributed by atoms with E-state index in [4.69, 9.17) is 16.3 Å². The zero-order valence-electron chi connectivity index (χ0n) is 13.2.